The molecular weight excluding hydrogens is 321 g/mol. The summed E-state index contributed by atoms with van der Waals surface area (Å²) in [6, 6.07) is 10.4. The van der Waals surface area contributed by atoms with Gasteiger partial charge < -0.3 is 9.46 Å². The predicted octanol–water partition coefficient (Wildman–Crippen LogP) is 4.40. The molecule has 0 atom stereocenters. The molecule has 0 aliphatic rings. The van der Waals surface area contributed by atoms with Crippen molar-refractivity contribution in [2.75, 3.05) is 7.11 Å². The number of hydrogen-bond acceptors (Lipinski definition) is 3. The molecule has 20 heavy (non-hydrogen) atoms. The van der Waals surface area contributed by atoms with Crippen molar-refractivity contribution in [2.24, 2.45) is 0 Å². The van der Waals surface area contributed by atoms with Gasteiger partial charge in [-0.1, -0.05) is 29.3 Å². The van der Waals surface area contributed by atoms with Crippen LogP contribution < -0.4 is 4.74 Å². The van der Waals surface area contributed by atoms with Gasteiger partial charge >= 0.3 is 0 Å². The van der Waals surface area contributed by atoms with Crippen LogP contribution in [0.1, 0.15) is 0 Å². The number of ether oxygens (including phenoxy) is 1. The molecule has 0 radical (unpaired) electrons. The van der Waals surface area contributed by atoms with Gasteiger partial charge in [-0.2, -0.15) is 0 Å². The number of halogens is 2. The highest BCUT2D eigenvalue weighted by atomic mass is 35.5. The molecule has 0 heterocycles. The summed E-state index contributed by atoms with van der Waals surface area (Å²) in [5, 5.41) is 0.574. The maximum absolute atomic E-state index is 12.2. The van der Waals surface area contributed by atoms with E-state index in [0.29, 0.717) is 10.8 Å². The van der Waals surface area contributed by atoms with Crippen molar-refractivity contribution in [1.29, 1.82) is 0 Å². The quantitative estimate of drug-likeness (QED) is 0.834. The van der Waals surface area contributed by atoms with E-state index < -0.39 is 10.0 Å². The van der Waals surface area contributed by atoms with E-state index in [-0.39, 0.29) is 15.6 Å². The molecular formula is C13H10Cl2NO3S-. The van der Waals surface area contributed by atoms with Crippen LogP contribution in [0.5, 0.6) is 5.75 Å². The Bertz CT molecular complexity index is 715. The van der Waals surface area contributed by atoms with Crippen LogP contribution in [0.4, 0.5) is 5.69 Å². The Labute approximate surface area is 127 Å². The third kappa shape index (κ3) is 3.36. The van der Waals surface area contributed by atoms with E-state index in [1.807, 2.05) is 0 Å². The average Bonchev–Trinajstić information content (AvgIpc) is 2.43. The number of sulfonamides is 1. The molecule has 4 nitrogen and oxygen atoms in total. The lowest BCUT2D eigenvalue weighted by atomic mass is 10.3. The lowest BCUT2D eigenvalue weighted by Gasteiger charge is -2.23. The van der Waals surface area contributed by atoms with E-state index in [1.165, 1.54) is 31.4 Å². The van der Waals surface area contributed by atoms with Crippen LogP contribution in [0, 0.1) is 0 Å². The minimum absolute atomic E-state index is 0.0503. The second kappa shape index (κ2) is 5.91. The molecule has 0 unspecified atom stereocenters. The molecule has 7 heteroatoms. The third-order valence-electron chi connectivity index (χ3n) is 2.48. The minimum Gasteiger partial charge on any atom is -0.571 e. The van der Waals surface area contributed by atoms with Crippen LogP contribution in [-0.2, 0) is 10.0 Å². The normalized spacial score (nSPS) is 11.2. The van der Waals surface area contributed by atoms with Gasteiger partial charge in [0.15, 0.2) is 0 Å². The molecule has 2 rings (SSSR count). The van der Waals surface area contributed by atoms with Gasteiger partial charge in [0.25, 0.3) is 0 Å². The number of nitrogens with zero attached hydrogens (tertiary/aromatic N) is 1. The second-order valence-electron chi connectivity index (χ2n) is 3.84. The molecule has 2 aromatic rings. The van der Waals surface area contributed by atoms with Crippen LogP contribution >= 0.6 is 23.2 Å². The van der Waals surface area contributed by atoms with Crippen LogP contribution in [0.3, 0.4) is 0 Å². The molecule has 0 amide bonds. The van der Waals surface area contributed by atoms with Crippen LogP contribution in [0.2, 0.25) is 10.0 Å². The van der Waals surface area contributed by atoms with Crippen molar-refractivity contribution < 1.29 is 13.2 Å². The maximum Gasteiger partial charge on any atom is 0.123 e. The molecule has 0 N–H and O–H groups in total. The first kappa shape index (κ1) is 15.0. The number of benzene rings is 2. The first-order valence-corrected chi connectivity index (χ1v) is 7.69. The van der Waals surface area contributed by atoms with Gasteiger partial charge in [0.05, 0.1) is 12.0 Å². The van der Waals surface area contributed by atoms with E-state index in [0.717, 1.165) is 0 Å². The van der Waals surface area contributed by atoms with E-state index in [2.05, 4.69) is 4.72 Å². The summed E-state index contributed by atoms with van der Waals surface area (Å²) < 4.78 is 33.0. The van der Waals surface area contributed by atoms with Gasteiger partial charge in [0.2, 0.25) is 0 Å². The summed E-state index contributed by atoms with van der Waals surface area (Å²) in [5.74, 6) is 0.560. The summed E-state index contributed by atoms with van der Waals surface area (Å²) in [6.45, 7) is 0. The zero-order valence-electron chi connectivity index (χ0n) is 10.4. The van der Waals surface area contributed by atoms with Crippen molar-refractivity contribution >= 4 is 38.9 Å². The van der Waals surface area contributed by atoms with Crippen LogP contribution in [-0.4, -0.2) is 15.5 Å². The molecule has 0 fully saturated rings. The van der Waals surface area contributed by atoms with Gasteiger partial charge in [0.1, 0.15) is 15.8 Å². The Morgan fingerprint density at radius 3 is 2.30 bits per heavy atom. The fraction of sp³-hybridized carbons (Fsp3) is 0.0769. The molecule has 106 valence electrons. The first-order valence-electron chi connectivity index (χ1n) is 5.49. The number of rotatable bonds is 4. The smallest absolute Gasteiger partial charge is 0.123 e. The van der Waals surface area contributed by atoms with E-state index >= 15 is 0 Å². The van der Waals surface area contributed by atoms with Crippen molar-refractivity contribution in [3.8, 4) is 5.75 Å². The molecule has 0 saturated heterocycles. The maximum atomic E-state index is 12.2. The molecule has 2 aromatic carbocycles. The summed E-state index contributed by atoms with van der Waals surface area (Å²) in [7, 11) is -2.35. The van der Waals surface area contributed by atoms with Crippen molar-refractivity contribution in [2.45, 2.75) is 4.90 Å². The molecule has 0 aliphatic heterocycles. The average molecular weight is 331 g/mol. The standard InChI is InChI=1S/C13H10Cl2NO3S/c1-19-10-3-5-11(6-4-10)20(17,18)16-13-8-9(14)2-7-12(13)15/h2-8H,1H3/q-1. The molecule has 0 aromatic heterocycles. The van der Waals surface area contributed by atoms with E-state index in [4.69, 9.17) is 27.9 Å². The highest BCUT2D eigenvalue weighted by molar-refractivity contribution is 7.94. The molecule has 0 bridgehead atoms. The zero-order valence-corrected chi connectivity index (χ0v) is 12.7. The Morgan fingerprint density at radius 2 is 1.70 bits per heavy atom. The SMILES string of the molecule is COc1ccc(S(=O)(=O)[N-]c2cc(Cl)ccc2Cl)cc1. The van der Waals surface area contributed by atoms with Gasteiger partial charge in [0, 0.05) is 10.0 Å². The monoisotopic (exact) mass is 330 g/mol. The van der Waals surface area contributed by atoms with Crippen LogP contribution in [0.25, 0.3) is 4.72 Å². The highest BCUT2D eigenvalue weighted by Crippen LogP contribution is 2.36. The largest absolute Gasteiger partial charge is 0.571 e. The zero-order chi connectivity index (χ0) is 14.8. The Kier molecular flexibility index (Phi) is 4.42. The van der Waals surface area contributed by atoms with Crippen molar-refractivity contribution in [3.63, 3.8) is 0 Å². The third-order valence-corrected chi connectivity index (χ3v) is 4.34. The fourth-order valence-electron chi connectivity index (χ4n) is 1.49. The highest BCUT2D eigenvalue weighted by Gasteiger charge is 2.06. The Balaban J connectivity index is 2.32. The summed E-state index contributed by atoms with van der Waals surface area (Å²) in [5.41, 5.74) is 0.106. The van der Waals surface area contributed by atoms with Gasteiger partial charge in [-0.3, -0.25) is 0 Å². The van der Waals surface area contributed by atoms with Gasteiger partial charge in [-0.05, 0) is 36.4 Å². The van der Waals surface area contributed by atoms with Gasteiger partial charge in [-0.25, -0.2) is 8.42 Å². The Hall–Kier alpha value is -1.43. The van der Waals surface area contributed by atoms with Crippen molar-refractivity contribution in [3.05, 3.63) is 57.2 Å². The minimum atomic E-state index is -3.85. The second-order valence-corrected chi connectivity index (χ2v) is 6.29. The predicted molar refractivity (Wildman–Crippen MR) is 79.7 cm³/mol. The molecule has 0 saturated carbocycles. The molecule has 0 spiro atoms. The summed E-state index contributed by atoms with van der Waals surface area (Å²) in [6.07, 6.45) is 0. The topological polar surface area (TPSA) is 57.5 Å². The number of methoxy groups -OCH3 is 1. The lowest BCUT2D eigenvalue weighted by molar-refractivity contribution is 0.414. The lowest BCUT2D eigenvalue weighted by Crippen LogP contribution is -1.98. The fourth-order valence-corrected chi connectivity index (χ4v) is 2.86. The molecule has 0 aliphatic carbocycles. The summed E-state index contributed by atoms with van der Waals surface area (Å²) in [4.78, 5) is 0.0503. The van der Waals surface area contributed by atoms with E-state index in [1.54, 1.807) is 18.2 Å². The van der Waals surface area contributed by atoms with E-state index in [9.17, 15) is 8.42 Å². The van der Waals surface area contributed by atoms with Crippen LogP contribution in [0.15, 0.2) is 47.4 Å². The number of hydrogen-bond donors (Lipinski definition) is 0. The Morgan fingerprint density at radius 1 is 1.05 bits per heavy atom. The van der Waals surface area contributed by atoms with Gasteiger partial charge in [-0.15, -0.1) is 5.69 Å². The first-order chi connectivity index (χ1) is 9.42. The van der Waals surface area contributed by atoms with Crippen molar-refractivity contribution in [1.82, 2.24) is 0 Å². The summed E-state index contributed by atoms with van der Waals surface area (Å²) >= 11 is 11.7.